The average Bonchev–Trinajstić information content (AvgIpc) is 2.99. The van der Waals surface area contributed by atoms with Crippen LogP contribution in [0.4, 0.5) is 22.2 Å². The van der Waals surface area contributed by atoms with Crippen LogP contribution in [-0.4, -0.2) is 119 Å². The summed E-state index contributed by atoms with van der Waals surface area (Å²) < 4.78 is 17.3. The van der Waals surface area contributed by atoms with Crippen LogP contribution in [0.2, 0.25) is 0 Å². The van der Waals surface area contributed by atoms with E-state index >= 15 is 0 Å². The van der Waals surface area contributed by atoms with E-state index in [0.29, 0.717) is 41.9 Å². The van der Waals surface area contributed by atoms with Crippen LogP contribution < -0.4 is 35.1 Å². The van der Waals surface area contributed by atoms with E-state index in [1.807, 2.05) is 26.2 Å². The lowest BCUT2D eigenvalue weighted by atomic mass is 10.0. The molecule has 1 fully saturated rings. The second-order valence-electron chi connectivity index (χ2n) is 11.3. The summed E-state index contributed by atoms with van der Waals surface area (Å²) >= 11 is 0. The molecular weight excluding hydrogens is 564 g/mol. The molecular formula is C31H46N8O5. The van der Waals surface area contributed by atoms with Gasteiger partial charge in [-0.15, -0.1) is 0 Å². The van der Waals surface area contributed by atoms with Gasteiger partial charge >= 0.3 is 6.09 Å². The van der Waals surface area contributed by atoms with Gasteiger partial charge in [0, 0.05) is 82.1 Å². The fourth-order valence-corrected chi connectivity index (χ4v) is 5.25. The molecule has 0 unspecified atom stereocenters. The molecule has 0 saturated carbocycles. The summed E-state index contributed by atoms with van der Waals surface area (Å²) in [7, 11) is 11.4. The third-order valence-electron chi connectivity index (χ3n) is 7.58. The standard InChI is InChI=1S/C31H46N8O5/c1-37(2)16-17-44-26-9-7-8-25(38(3)4)23(26)20-39-14-10-21(11-15-39)34-29-22-18-27(42-5)28(43-6)19-24(22)35-30(36-29)32-12-13-33-31(40)41/h7-9,18-19,21,33H,10-17,20H2,1-6H3,(H,40,41)(H2,32,34,35,36). The van der Waals surface area contributed by atoms with E-state index in [9.17, 15) is 4.79 Å². The Morgan fingerprint density at radius 2 is 1.75 bits per heavy atom. The first-order valence-corrected chi connectivity index (χ1v) is 14.9. The van der Waals surface area contributed by atoms with Crippen LogP contribution in [0.5, 0.6) is 17.2 Å². The topological polar surface area (TPSA) is 137 Å². The lowest BCUT2D eigenvalue weighted by Gasteiger charge is -2.34. The summed E-state index contributed by atoms with van der Waals surface area (Å²) in [4.78, 5) is 27.0. The molecule has 0 bridgehead atoms. The number of rotatable bonds is 15. The van der Waals surface area contributed by atoms with Gasteiger partial charge in [-0.1, -0.05) is 6.07 Å². The van der Waals surface area contributed by atoms with E-state index in [-0.39, 0.29) is 12.6 Å². The van der Waals surface area contributed by atoms with Crippen LogP contribution in [0, 0.1) is 0 Å². The van der Waals surface area contributed by atoms with Crippen molar-refractivity contribution in [1.29, 1.82) is 0 Å². The van der Waals surface area contributed by atoms with Gasteiger partial charge in [-0.05, 0) is 45.1 Å². The van der Waals surface area contributed by atoms with E-state index in [2.05, 4.69) is 67.9 Å². The molecule has 2 aromatic carbocycles. The zero-order valence-corrected chi connectivity index (χ0v) is 26.6. The Hall–Kier alpha value is -4.23. The number of carbonyl (C=O) groups is 1. The van der Waals surface area contributed by atoms with Crippen LogP contribution in [0.15, 0.2) is 30.3 Å². The van der Waals surface area contributed by atoms with Crippen molar-refractivity contribution in [1.82, 2.24) is 25.1 Å². The van der Waals surface area contributed by atoms with Crippen LogP contribution >= 0.6 is 0 Å². The number of anilines is 3. The van der Waals surface area contributed by atoms with E-state index in [0.717, 1.165) is 50.2 Å². The van der Waals surface area contributed by atoms with Crippen molar-refractivity contribution in [2.75, 3.05) is 97.3 Å². The molecule has 1 saturated heterocycles. The smallest absolute Gasteiger partial charge is 0.404 e. The zero-order chi connectivity index (χ0) is 31.6. The number of piperidine rings is 1. The molecule has 4 rings (SSSR count). The minimum absolute atomic E-state index is 0.207. The minimum atomic E-state index is -1.07. The lowest BCUT2D eigenvalue weighted by molar-refractivity contribution is 0.195. The number of amides is 1. The normalized spacial score (nSPS) is 14.0. The van der Waals surface area contributed by atoms with Gasteiger partial charge in [0.05, 0.1) is 19.7 Å². The Morgan fingerprint density at radius 3 is 2.41 bits per heavy atom. The van der Waals surface area contributed by atoms with Crippen LogP contribution in [0.3, 0.4) is 0 Å². The molecule has 2 heterocycles. The van der Waals surface area contributed by atoms with Crippen molar-refractivity contribution in [3.05, 3.63) is 35.9 Å². The van der Waals surface area contributed by atoms with Crippen molar-refractivity contribution < 1.29 is 24.1 Å². The number of carboxylic acid groups (broad SMARTS) is 1. The van der Waals surface area contributed by atoms with E-state index < -0.39 is 6.09 Å². The summed E-state index contributed by atoms with van der Waals surface area (Å²) in [6, 6.07) is 10.2. The molecule has 1 amide bonds. The number of aromatic nitrogens is 2. The first-order chi connectivity index (χ1) is 21.2. The van der Waals surface area contributed by atoms with Crippen LogP contribution in [-0.2, 0) is 6.54 Å². The summed E-state index contributed by atoms with van der Waals surface area (Å²) in [5.41, 5.74) is 3.06. The molecule has 13 nitrogen and oxygen atoms in total. The van der Waals surface area contributed by atoms with Gasteiger partial charge in [-0.25, -0.2) is 9.78 Å². The number of methoxy groups -OCH3 is 2. The number of likely N-dealkylation sites (tertiary alicyclic amines) is 1. The Labute approximate surface area is 259 Å². The van der Waals surface area contributed by atoms with Crippen molar-refractivity contribution in [3.63, 3.8) is 0 Å². The van der Waals surface area contributed by atoms with Crippen molar-refractivity contribution >= 4 is 34.4 Å². The molecule has 44 heavy (non-hydrogen) atoms. The fourth-order valence-electron chi connectivity index (χ4n) is 5.25. The predicted octanol–water partition coefficient (Wildman–Crippen LogP) is 3.41. The highest BCUT2D eigenvalue weighted by molar-refractivity contribution is 5.92. The number of nitrogens with one attached hydrogen (secondary N) is 3. The summed E-state index contributed by atoms with van der Waals surface area (Å²) in [5, 5.41) is 18.8. The first kappa shape index (κ1) is 32.7. The molecule has 240 valence electrons. The lowest BCUT2D eigenvalue weighted by Crippen LogP contribution is -2.39. The van der Waals surface area contributed by atoms with Gasteiger partial charge < -0.3 is 45.1 Å². The van der Waals surface area contributed by atoms with Gasteiger partial charge in [0.2, 0.25) is 5.95 Å². The van der Waals surface area contributed by atoms with Crippen molar-refractivity contribution in [3.8, 4) is 17.2 Å². The Balaban J connectivity index is 1.48. The molecule has 1 aliphatic heterocycles. The zero-order valence-electron chi connectivity index (χ0n) is 26.6. The number of ether oxygens (including phenoxy) is 3. The molecule has 0 spiro atoms. The SMILES string of the molecule is COc1cc2nc(NCCNC(=O)O)nc(NC3CCN(Cc4c(OCCN(C)C)cccc4N(C)C)CC3)c2cc1OC. The van der Waals surface area contributed by atoms with Crippen molar-refractivity contribution in [2.45, 2.75) is 25.4 Å². The molecule has 1 aromatic heterocycles. The van der Waals surface area contributed by atoms with Gasteiger partial charge in [-0.3, -0.25) is 4.90 Å². The summed E-state index contributed by atoms with van der Waals surface area (Å²) in [6.45, 7) is 4.71. The third kappa shape index (κ3) is 8.66. The quantitative estimate of drug-likeness (QED) is 0.188. The highest BCUT2D eigenvalue weighted by atomic mass is 16.5. The maximum Gasteiger partial charge on any atom is 0.404 e. The average molecular weight is 611 g/mol. The molecule has 0 aliphatic carbocycles. The van der Waals surface area contributed by atoms with Crippen molar-refractivity contribution in [2.24, 2.45) is 0 Å². The first-order valence-electron chi connectivity index (χ1n) is 14.9. The molecule has 3 aromatic rings. The Morgan fingerprint density at radius 1 is 1.02 bits per heavy atom. The Kier molecular flexibility index (Phi) is 11.5. The number of hydrogen-bond donors (Lipinski definition) is 4. The van der Waals surface area contributed by atoms with Gasteiger partial charge in [0.1, 0.15) is 18.2 Å². The number of benzene rings is 2. The highest BCUT2D eigenvalue weighted by Crippen LogP contribution is 2.36. The second-order valence-corrected chi connectivity index (χ2v) is 11.3. The van der Waals surface area contributed by atoms with Crippen LogP contribution in [0.1, 0.15) is 18.4 Å². The number of fused-ring (bicyclic) bond motifs is 1. The Bertz CT molecular complexity index is 1400. The largest absolute Gasteiger partial charge is 0.493 e. The van der Waals surface area contributed by atoms with Gasteiger partial charge in [-0.2, -0.15) is 4.98 Å². The maximum absolute atomic E-state index is 10.8. The fraction of sp³-hybridized carbons (Fsp3) is 0.516. The minimum Gasteiger partial charge on any atom is -0.493 e. The molecule has 13 heteroatoms. The van der Waals surface area contributed by atoms with Crippen LogP contribution in [0.25, 0.3) is 10.9 Å². The van der Waals surface area contributed by atoms with Gasteiger partial charge in [0.25, 0.3) is 0 Å². The third-order valence-corrected chi connectivity index (χ3v) is 7.58. The molecule has 0 radical (unpaired) electrons. The predicted molar refractivity (Wildman–Crippen MR) is 174 cm³/mol. The number of nitrogens with zero attached hydrogens (tertiary/aromatic N) is 5. The monoisotopic (exact) mass is 610 g/mol. The van der Waals surface area contributed by atoms with E-state index in [4.69, 9.17) is 24.3 Å². The van der Waals surface area contributed by atoms with E-state index in [1.165, 1.54) is 11.3 Å². The maximum atomic E-state index is 10.8. The molecule has 4 N–H and O–H groups in total. The summed E-state index contributed by atoms with van der Waals surface area (Å²) in [6.07, 6.45) is 0.797. The number of likely N-dealkylation sites (N-methyl/N-ethyl adjacent to an activating group) is 1. The summed E-state index contributed by atoms with van der Waals surface area (Å²) in [5.74, 6) is 3.20. The molecule has 0 atom stereocenters. The second kappa shape index (κ2) is 15.5. The highest BCUT2D eigenvalue weighted by Gasteiger charge is 2.24. The van der Waals surface area contributed by atoms with E-state index in [1.54, 1.807) is 14.2 Å². The van der Waals surface area contributed by atoms with Gasteiger partial charge in [0.15, 0.2) is 11.5 Å². The molecule has 1 aliphatic rings. The number of hydrogen-bond acceptors (Lipinski definition) is 11.